The van der Waals surface area contributed by atoms with Gasteiger partial charge in [0, 0.05) is 13.2 Å². The summed E-state index contributed by atoms with van der Waals surface area (Å²) in [6.07, 6.45) is 0. The second-order valence-electron chi connectivity index (χ2n) is 1.90. The Morgan fingerprint density at radius 3 is 0.800 bits per heavy atom. The summed E-state index contributed by atoms with van der Waals surface area (Å²) < 4.78 is 0. The second-order valence-corrected chi connectivity index (χ2v) is 1.90. The Balaban J connectivity index is -0.0000000293. The normalized spacial score (nSPS) is 6.40. The summed E-state index contributed by atoms with van der Waals surface area (Å²) in [6.45, 7) is 9.78. The Kier molecular flexibility index (Phi) is 121. The molecule has 0 atom stereocenters. The van der Waals surface area contributed by atoms with E-state index in [2.05, 4.69) is 10.6 Å². The maximum atomic E-state index is 7.57. The van der Waals surface area contributed by atoms with E-state index in [-0.39, 0.29) is 39.4 Å². The Hall–Kier alpha value is 0.723. The van der Waals surface area contributed by atoms with Crippen LogP contribution in [0.2, 0.25) is 0 Å². The zero-order valence-corrected chi connectivity index (χ0v) is 13.6. The zero-order chi connectivity index (χ0) is 12.2. The van der Waals surface area contributed by atoms with E-state index in [1.54, 1.807) is 27.9 Å². The van der Waals surface area contributed by atoms with Gasteiger partial charge in [-0.2, -0.15) is 27.2 Å². The average molecular weight is 300 g/mol. The van der Waals surface area contributed by atoms with Gasteiger partial charge in [-0.1, -0.05) is 13.8 Å². The quantitative estimate of drug-likeness (QED) is 0.819. The van der Waals surface area contributed by atoms with Crippen molar-refractivity contribution in [2.45, 2.75) is 27.7 Å². The number of nitrogens with zero attached hydrogens (tertiary/aromatic N) is 2. The summed E-state index contributed by atoms with van der Waals surface area (Å²) in [5.41, 5.74) is 0. The number of aliphatic hydroxyl groups excluding tert-OH is 2. The fourth-order valence-electron chi connectivity index (χ4n) is 0. The number of rotatable bonds is 2. The summed E-state index contributed by atoms with van der Waals surface area (Å²) in [5, 5.41) is 22.6. The van der Waals surface area contributed by atoms with Gasteiger partial charge in [-0.15, -0.1) is 0 Å². The van der Waals surface area contributed by atoms with E-state index in [4.69, 9.17) is 10.2 Å². The molecule has 15 heavy (non-hydrogen) atoms. The maximum Gasteiger partial charge on any atom is 2.00 e. The van der Waals surface area contributed by atoms with Crippen molar-refractivity contribution in [1.82, 2.24) is 0 Å². The van der Waals surface area contributed by atoms with Crippen molar-refractivity contribution in [2.24, 2.45) is 0 Å². The van der Waals surface area contributed by atoms with E-state index in [1.807, 2.05) is 13.8 Å². The SMILES string of the molecule is CCO.CCO.CC[N-]C.CC[N-]C.[Zr+2]. The molecule has 0 bridgehead atoms. The Morgan fingerprint density at radius 2 is 0.800 bits per heavy atom. The molecule has 0 heterocycles. The Labute approximate surface area is 115 Å². The number of aliphatic hydroxyl groups is 2. The molecule has 0 aliphatic carbocycles. The molecule has 0 aliphatic rings. The van der Waals surface area contributed by atoms with Gasteiger partial charge in [-0.3, -0.25) is 0 Å². The largest absolute Gasteiger partial charge is 2.00 e. The Morgan fingerprint density at radius 1 is 0.733 bits per heavy atom. The van der Waals surface area contributed by atoms with Gasteiger partial charge in [0.25, 0.3) is 0 Å². The van der Waals surface area contributed by atoms with Crippen molar-refractivity contribution >= 4 is 0 Å². The minimum Gasteiger partial charge on any atom is -0.665 e. The van der Waals surface area contributed by atoms with Gasteiger partial charge in [0.05, 0.1) is 0 Å². The van der Waals surface area contributed by atoms with Crippen molar-refractivity contribution in [3.05, 3.63) is 10.6 Å². The van der Waals surface area contributed by atoms with Gasteiger partial charge < -0.3 is 20.8 Å². The van der Waals surface area contributed by atoms with Crippen LogP contribution in [-0.4, -0.2) is 50.6 Å². The first-order valence-corrected chi connectivity index (χ1v) is 4.99. The van der Waals surface area contributed by atoms with Crippen LogP contribution >= 0.6 is 0 Å². The second kappa shape index (κ2) is 61.3. The molecule has 0 fully saturated rings. The van der Waals surface area contributed by atoms with Crippen LogP contribution in [0, 0.1) is 0 Å². The number of hydrogen-bond acceptors (Lipinski definition) is 2. The minimum atomic E-state index is 0. The smallest absolute Gasteiger partial charge is 0.665 e. The van der Waals surface area contributed by atoms with Crippen LogP contribution in [-0.2, 0) is 26.2 Å². The third-order valence-corrected chi connectivity index (χ3v) is 0.632. The summed E-state index contributed by atoms with van der Waals surface area (Å²) in [4.78, 5) is 0. The molecule has 0 amide bonds. The molecular weight excluding hydrogens is 271 g/mol. The standard InChI is InChI=1S/2C3H8N.2C2H6O.Zr/c2*1-3-4-2;2*1-2-3;/h2*3H2,1-2H3;2*3H,2H2,1H3;/q2*-1;;;+2. The molecule has 0 aromatic heterocycles. The first-order chi connectivity index (χ1) is 6.66. The van der Waals surface area contributed by atoms with Gasteiger partial charge in [-0.25, -0.2) is 0 Å². The van der Waals surface area contributed by atoms with E-state index >= 15 is 0 Å². The van der Waals surface area contributed by atoms with Crippen molar-refractivity contribution < 1.29 is 36.4 Å². The molecule has 0 radical (unpaired) electrons. The molecular formula is C10H28N2O2Zr. The fourth-order valence-corrected chi connectivity index (χ4v) is 0. The minimum absolute atomic E-state index is 0. The van der Waals surface area contributed by atoms with Crippen LogP contribution in [0.3, 0.4) is 0 Å². The molecule has 0 rings (SSSR count). The first-order valence-electron chi connectivity index (χ1n) is 4.99. The van der Waals surface area contributed by atoms with Crippen LogP contribution < -0.4 is 0 Å². The molecule has 0 aliphatic heterocycles. The maximum absolute atomic E-state index is 7.57. The van der Waals surface area contributed by atoms with Gasteiger partial charge in [0.15, 0.2) is 0 Å². The van der Waals surface area contributed by atoms with Gasteiger partial charge >= 0.3 is 26.2 Å². The Bertz CT molecular complexity index is 42.4. The van der Waals surface area contributed by atoms with E-state index in [0.717, 1.165) is 13.1 Å². The molecule has 0 saturated carbocycles. The topological polar surface area (TPSA) is 68.7 Å². The van der Waals surface area contributed by atoms with Gasteiger partial charge in [-0.05, 0) is 13.8 Å². The molecule has 0 aromatic rings. The zero-order valence-electron chi connectivity index (χ0n) is 11.1. The van der Waals surface area contributed by atoms with Crippen LogP contribution in [0.1, 0.15) is 27.7 Å². The molecule has 0 spiro atoms. The van der Waals surface area contributed by atoms with Crippen molar-refractivity contribution in [3.8, 4) is 0 Å². The van der Waals surface area contributed by atoms with Gasteiger partial charge in [0.1, 0.15) is 0 Å². The molecule has 0 unspecified atom stereocenters. The van der Waals surface area contributed by atoms with E-state index in [9.17, 15) is 0 Å². The predicted molar refractivity (Wildman–Crippen MR) is 65.2 cm³/mol. The monoisotopic (exact) mass is 298 g/mol. The van der Waals surface area contributed by atoms with Crippen LogP contribution in [0.5, 0.6) is 0 Å². The first kappa shape index (κ1) is 29.6. The molecule has 2 N–H and O–H groups in total. The molecule has 0 aromatic carbocycles. The molecule has 94 valence electrons. The third kappa shape index (κ3) is 321. The summed E-state index contributed by atoms with van der Waals surface area (Å²) in [5.74, 6) is 0. The summed E-state index contributed by atoms with van der Waals surface area (Å²) >= 11 is 0. The third-order valence-electron chi connectivity index (χ3n) is 0.632. The van der Waals surface area contributed by atoms with Crippen molar-refractivity contribution in [2.75, 3.05) is 40.4 Å². The predicted octanol–water partition coefficient (Wildman–Crippen LogP) is 2.01. The van der Waals surface area contributed by atoms with E-state index in [1.165, 1.54) is 0 Å². The van der Waals surface area contributed by atoms with Crippen LogP contribution in [0.25, 0.3) is 10.6 Å². The van der Waals surface area contributed by atoms with Crippen molar-refractivity contribution in [1.29, 1.82) is 0 Å². The van der Waals surface area contributed by atoms with Crippen LogP contribution in [0.4, 0.5) is 0 Å². The molecule has 0 saturated heterocycles. The van der Waals surface area contributed by atoms with Crippen LogP contribution in [0.15, 0.2) is 0 Å². The molecule has 4 nitrogen and oxygen atoms in total. The number of hydrogen-bond donors (Lipinski definition) is 2. The average Bonchev–Trinajstić information content (AvgIpc) is 2.20. The van der Waals surface area contributed by atoms with Gasteiger partial charge in [0.2, 0.25) is 0 Å². The summed E-state index contributed by atoms with van der Waals surface area (Å²) in [6, 6.07) is 0. The van der Waals surface area contributed by atoms with E-state index in [0.29, 0.717) is 0 Å². The van der Waals surface area contributed by atoms with E-state index < -0.39 is 0 Å². The summed E-state index contributed by atoms with van der Waals surface area (Å²) in [7, 11) is 3.61. The molecule has 5 heteroatoms. The van der Waals surface area contributed by atoms with Crippen molar-refractivity contribution in [3.63, 3.8) is 0 Å². The fraction of sp³-hybridized carbons (Fsp3) is 1.00.